The summed E-state index contributed by atoms with van der Waals surface area (Å²) in [5, 5.41) is 5.27. The highest BCUT2D eigenvalue weighted by Crippen LogP contribution is 2.42. The Balaban J connectivity index is 1.77. The van der Waals surface area contributed by atoms with Crippen LogP contribution in [0.3, 0.4) is 0 Å². The number of hydrogen-bond donors (Lipinski definition) is 1. The predicted octanol–water partition coefficient (Wildman–Crippen LogP) is 5.54. The highest BCUT2D eigenvalue weighted by atomic mass is 32.1. The van der Waals surface area contributed by atoms with Crippen molar-refractivity contribution in [3.63, 3.8) is 0 Å². The number of aryl methyl sites for hydroxylation is 2. The Morgan fingerprint density at radius 1 is 1.10 bits per heavy atom. The first-order valence-electron chi connectivity index (χ1n) is 9.39. The van der Waals surface area contributed by atoms with Crippen molar-refractivity contribution in [1.82, 2.24) is 0 Å². The van der Waals surface area contributed by atoms with Gasteiger partial charge in [-0.3, -0.25) is 4.79 Å². The molecule has 0 radical (unpaired) electrons. The quantitative estimate of drug-likeness (QED) is 0.477. The van der Waals surface area contributed by atoms with Gasteiger partial charge in [-0.1, -0.05) is 25.1 Å². The van der Waals surface area contributed by atoms with Gasteiger partial charge in [-0.05, 0) is 49.4 Å². The van der Waals surface area contributed by atoms with E-state index in [4.69, 9.17) is 9.47 Å². The highest BCUT2D eigenvalue weighted by molar-refractivity contribution is 7.18. The fraction of sp³-hybridized carbons (Fsp3) is 0.273. The lowest BCUT2D eigenvalue weighted by atomic mass is 10.1. The Kier molecular flexibility index (Phi) is 7.06. The van der Waals surface area contributed by atoms with Crippen LogP contribution in [0.2, 0.25) is 0 Å². The molecule has 2 heterocycles. The fourth-order valence-electron chi connectivity index (χ4n) is 2.88. The van der Waals surface area contributed by atoms with Crippen molar-refractivity contribution in [2.45, 2.75) is 27.2 Å². The number of nitrogens with one attached hydrogen (secondary N) is 1. The molecule has 5 nitrogen and oxygen atoms in total. The third kappa shape index (κ3) is 5.05. The molecule has 0 unspecified atom stereocenters. The molecular formula is C22H23NO4S2. The van der Waals surface area contributed by atoms with Crippen LogP contribution in [0.15, 0.2) is 41.8 Å². The lowest BCUT2D eigenvalue weighted by Gasteiger charge is -2.09. The summed E-state index contributed by atoms with van der Waals surface area (Å²) in [5.41, 5.74) is 2.42. The molecule has 0 saturated heterocycles. The summed E-state index contributed by atoms with van der Waals surface area (Å²) < 4.78 is 10.8. The Morgan fingerprint density at radius 3 is 2.48 bits per heavy atom. The Bertz CT molecular complexity index is 975. The summed E-state index contributed by atoms with van der Waals surface area (Å²) in [6.07, 6.45) is 0.946. The van der Waals surface area contributed by atoms with Crippen molar-refractivity contribution in [2.24, 2.45) is 0 Å². The lowest BCUT2D eigenvalue weighted by Crippen LogP contribution is -2.21. The summed E-state index contributed by atoms with van der Waals surface area (Å²) in [4.78, 5) is 27.0. The van der Waals surface area contributed by atoms with Gasteiger partial charge in [0, 0.05) is 15.3 Å². The molecule has 0 aliphatic carbocycles. The van der Waals surface area contributed by atoms with E-state index in [1.165, 1.54) is 16.9 Å². The van der Waals surface area contributed by atoms with Gasteiger partial charge in [-0.15, -0.1) is 22.7 Å². The van der Waals surface area contributed by atoms with Crippen molar-refractivity contribution in [1.29, 1.82) is 0 Å². The monoisotopic (exact) mass is 429 g/mol. The van der Waals surface area contributed by atoms with E-state index in [0.717, 1.165) is 21.7 Å². The molecule has 3 rings (SSSR count). The van der Waals surface area contributed by atoms with E-state index in [1.54, 1.807) is 18.3 Å². The van der Waals surface area contributed by atoms with Crippen molar-refractivity contribution in [3.05, 3.63) is 57.8 Å². The number of esters is 1. The van der Waals surface area contributed by atoms with Gasteiger partial charge in [0.2, 0.25) is 0 Å². The summed E-state index contributed by atoms with van der Waals surface area (Å²) in [6, 6.07) is 11.5. The van der Waals surface area contributed by atoms with Gasteiger partial charge in [0.15, 0.2) is 6.61 Å². The minimum atomic E-state index is -0.438. The van der Waals surface area contributed by atoms with Gasteiger partial charge in [-0.2, -0.15) is 0 Å². The van der Waals surface area contributed by atoms with Crippen molar-refractivity contribution < 1.29 is 19.1 Å². The molecule has 0 fully saturated rings. The molecule has 0 aliphatic rings. The van der Waals surface area contributed by atoms with Gasteiger partial charge >= 0.3 is 5.97 Å². The topological polar surface area (TPSA) is 64.6 Å². The Morgan fingerprint density at radius 2 is 1.86 bits per heavy atom. The number of carbonyl (C=O) groups excluding carboxylic acids is 2. The minimum absolute atomic E-state index is 0.140. The molecule has 1 aromatic carbocycles. The largest absolute Gasteiger partial charge is 0.484 e. The molecule has 0 aliphatic heterocycles. The number of thiophene rings is 2. The van der Waals surface area contributed by atoms with Crippen LogP contribution in [-0.2, 0) is 16.0 Å². The number of anilines is 1. The van der Waals surface area contributed by atoms with Crippen LogP contribution in [0.1, 0.15) is 34.6 Å². The maximum absolute atomic E-state index is 12.6. The highest BCUT2D eigenvalue weighted by Gasteiger charge is 2.26. The molecule has 0 atom stereocenters. The summed E-state index contributed by atoms with van der Waals surface area (Å²) in [7, 11) is 0. The van der Waals surface area contributed by atoms with Gasteiger partial charge in [0.1, 0.15) is 16.3 Å². The van der Waals surface area contributed by atoms with Crippen LogP contribution >= 0.6 is 22.7 Å². The minimum Gasteiger partial charge on any atom is -0.484 e. The zero-order valence-electron chi connectivity index (χ0n) is 16.6. The van der Waals surface area contributed by atoms with Gasteiger partial charge in [-0.25, -0.2) is 4.79 Å². The van der Waals surface area contributed by atoms with Crippen LogP contribution in [-0.4, -0.2) is 25.1 Å². The number of hydrogen-bond acceptors (Lipinski definition) is 6. The van der Waals surface area contributed by atoms with Gasteiger partial charge in [0.25, 0.3) is 5.91 Å². The van der Waals surface area contributed by atoms with Crippen LogP contribution in [0.5, 0.6) is 5.75 Å². The molecule has 29 heavy (non-hydrogen) atoms. The van der Waals surface area contributed by atoms with E-state index in [-0.39, 0.29) is 19.1 Å². The first-order valence-corrected chi connectivity index (χ1v) is 11.1. The zero-order valence-corrected chi connectivity index (χ0v) is 18.2. The van der Waals surface area contributed by atoms with E-state index in [2.05, 4.69) is 12.2 Å². The Labute approximate surface area is 178 Å². The molecule has 1 amide bonds. The van der Waals surface area contributed by atoms with Crippen molar-refractivity contribution in [3.8, 4) is 16.2 Å². The fourth-order valence-corrected chi connectivity index (χ4v) is 4.85. The normalized spacial score (nSPS) is 10.6. The molecule has 0 spiro atoms. The standard InChI is InChI=1S/C22H23NO4S2/c1-4-15-8-10-16(11-9-15)27-13-18(24)23-21-20(22(25)26-5-2)19(14(3)29-21)17-7-6-12-28-17/h6-12H,4-5,13H2,1-3H3,(H,23,24). The van der Waals surface area contributed by atoms with E-state index in [0.29, 0.717) is 16.3 Å². The molecule has 0 saturated carbocycles. The number of ether oxygens (including phenoxy) is 2. The van der Waals surface area contributed by atoms with Crippen LogP contribution < -0.4 is 10.1 Å². The second-order valence-electron chi connectivity index (χ2n) is 6.27. The third-order valence-corrected chi connectivity index (χ3v) is 6.19. The maximum atomic E-state index is 12.6. The van der Waals surface area contributed by atoms with Crippen molar-refractivity contribution in [2.75, 3.05) is 18.5 Å². The average molecular weight is 430 g/mol. The smallest absolute Gasteiger partial charge is 0.341 e. The molecule has 2 aromatic heterocycles. The van der Waals surface area contributed by atoms with E-state index >= 15 is 0 Å². The number of carbonyl (C=O) groups is 2. The number of amides is 1. The molecular weight excluding hydrogens is 406 g/mol. The van der Waals surface area contributed by atoms with E-state index < -0.39 is 5.97 Å². The third-order valence-electron chi connectivity index (χ3n) is 4.29. The first kappa shape index (κ1) is 21.1. The summed E-state index contributed by atoms with van der Waals surface area (Å²) >= 11 is 2.91. The summed E-state index contributed by atoms with van der Waals surface area (Å²) in [6.45, 7) is 5.90. The summed E-state index contributed by atoms with van der Waals surface area (Å²) in [5.74, 6) is -0.134. The van der Waals surface area contributed by atoms with Crippen LogP contribution in [0, 0.1) is 6.92 Å². The van der Waals surface area contributed by atoms with E-state index in [9.17, 15) is 9.59 Å². The maximum Gasteiger partial charge on any atom is 0.341 e. The zero-order chi connectivity index (χ0) is 20.8. The van der Waals surface area contributed by atoms with Crippen molar-refractivity contribution >= 4 is 39.6 Å². The molecule has 7 heteroatoms. The molecule has 3 aromatic rings. The van der Waals surface area contributed by atoms with Gasteiger partial charge < -0.3 is 14.8 Å². The SMILES string of the molecule is CCOC(=O)c1c(NC(=O)COc2ccc(CC)cc2)sc(C)c1-c1cccs1. The second kappa shape index (κ2) is 9.71. The lowest BCUT2D eigenvalue weighted by molar-refractivity contribution is -0.118. The number of rotatable bonds is 8. The first-order chi connectivity index (χ1) is 14.0. The van der Waals surface area contributed by atoms with Crippen LogP contribution in [0.25, 0.3) is 10.4 Å². The molecule has 1 N–H and O–H groups in total. The molecule has 152 valence electrons. The van der Waals surface area contributed by atoms with Crippen LogP contribution in [0.4, 0.5) is 5.00 Å². The van der Waals surface area contributed by atoms with E-state index in [1.807, 2.05) is 48.7 Å². The Hall–Kier alpha value is -2.64. The molecule has 0 bridgehead atoms. The predicted molar refractivity (Wildman–Crippen MR) is 118 cm³/mol. The van der Waals surface area contributed by atoms with Gasteiger partial charge in [0.05, 0.1) is 6.61 Å². The average Bonchev–Trinajstić information content (AvgIpc) is 3.34. The second-order valence-corrected chi connectivity index (χ2v) is 8.44. The number of benzene rings is 1.